The lowest BCUT2D eigenvalue weighted by molar-refractivity contribution is -0.132. The average Bonchev–Trinajstić information content (AvgIpc) is 3.09. The summed E-state index contributed by atoms with van der Waals surface area (Å²) in [6, 6.07) is 21.2. The minimum atomic E-state index is -0.779. The predicted molar refractivity (Wildman–Crippen MR) is 125 cm³/mol. The molecular weight excluding hydrogens is 402 g/mol. The third kappa shape index (κ3) is 3.78. The zero-order valence-electron chi connectivity index (χ0n) is 18.3. The fourth-order valence-corrected chi connectivity index (χ4v) is 3.99. The van der Waals surface area contributed by atoms with Crippen LogP contribution in [-0.4, -0.2) is 23.9 Å². The van der Waals surface area contributed by atoms with Crippen LogP contribution in [0.5, 0.6) is 5.75 Å². The summed E-state index contributed by atoms with van der Waals surface area (Å²) < 4.78 is 5.37. The van der Waals surface area contributed by atoms with Crippen molar-refractivity contribution in [2.24, 2.45) is 0 Å². The van der Waals surface area contributed by atoms with Gasteiger partial charge in [0, 0.05) is 11.3 Å². The number of nitrogens with zero attached hydrogens (tertiary/aromatic N) is 1. The summed E-state index contributed by atoms with van der Waals surface area (Å²) in [5.41, 5.74) is 3.98. The second kappa shape index (κ2) is 8.71. The number of hydrogen-bond donors (Lipinski definition) is 1. The van der Waals surface area contributed by atoms with Gasteiger partial charge in [-0.2, -0.15) is 0 Å². The van der Waals surface area contributed by atoms with E-state index in [2.05, 4.69) is 6.92 Å². The third-order valence-electron chi connectivity index (χ3n) is 5.80. The summed E-state index contributed by atoms with van der Waals surface area (Å²) in [5.74, 6) is -0.972. The van der Waals surface area contributed by atoms with Gasteiger partial charge in [-0.15, -0.1) is 0 Å². The number of benzene rings is 3. The summed E-state index contributed by atoms with van der Waals surface area (Å²) >= 11 is 0. The highest BCUT2D eigenvalue weighted by atomic mass is 16.5. The Morgan fingerprint density at radius 1 is 1.00 bits per heavy atom. The number of aliphatic hydroxyl groups is 1. The molecule has 1 aliphatic rings. The minimum Gasteiger partial charge on any atom is -0.507 e. The molecule has 5 nitrogen and oxygen atoms in total. The summed E-state index contributed by atoms with van der Waals surface area (Å²) in [7, 11) is 1.56. The Labute approximate surface area is 187 Å². The largest absolute Gasteiger partial charge is 0.507 e. The van der Waals surface area contributed by atoms with E-state index in [-0.39, 0.29) is 11.3 Å². The average molecular weight is 428 g/mol. The fraction of sp³-hybridized carbons (Fsp3) is 0.185. The quantitative estimate of drug-likeness (QED) is 0.346. The van der Waals surface area contributed by atoms with Crippen molar-refractivity contribution in [3.63, 3.8) is 0 Å². The molecule has 162 valence electrons. The van der Waals surface area contributed by atoms with E-state index in [0.29, 0.717) is 22.6 Å². The number of anilines is 1. The van der Waals surface area contributed by atoms with Gasteiger partial charge in [-0.25, -0.2) is 0 Å². The van der Waals surface area contributed by atoms with E-state index in [1.165, 1.54) is 4.90 Å². The molecule has 1 unspecified atom stereocenters. The number of carbonyl (C=O) groups excluding carboxylic acids is 2. The Hall–Kier alpha value is -3.86. The highest BCUT2D eigenvalue weighted by Gasteiger charge is 2.47. The maximum atomic E-state index is 13.2. The number of amides is 1. The van der Waals surface area contributed by atoms with Gasteiger partial charge in [-0.05, 0) is 48.7 Å². The van der Waals surface area contributed by atoms with Crippen LogP contribution in [0.4, 0.5) is 5.69 Å². The zero-order valence-corrected chi connectivity index (χ0v) is 18.3. The van der Waals surface area contributed by atoms with Gasteiger partial charge < -0.3 is 9.84 Å². The van der Waals surface area contributed by atoms with E-state index < -0.39 is 17.7 Å². The summed E-state index contributed by atoms with van der Waals surface area (Å²) in [4.78, 5) is 27.8. The van der Waals surface area contributed by atoms with Gasteiger partial charge in [-0.1, -0.05) is 61.0 Å². The number of rotatable bonds is 5. The molecule has 0 radical (unpaired) electrons. The first-order valence-corrected chi connectivity index (χ1v) is 10.6. The van der Waals surface area contributed by atoms with Crippen molar-refractivity contribution in [2.75, 3.05) is 12.0 Å². The number of methoxy groups -OCH3 is 1. The van der Waals surface area contributed by atoms with E-state index in [1.807, 2.05) is 49.4 Å². The Kier molecular flexibility index (Phi) is 5.82. The van der Waals surface area contributed by atoms with E-state index >= 15 is 0 Å². The van der Waals surface area contributed by atoms with Crippen molar-refractivity contribution in [3.8, 4) is 5.75 Å². The van der Waals surface area contributed by atoms with Crippen molar-refractivity contribution < 1.29 is 19.4 Å². The van der Waals surface area contributed by atoms with Crippen molar-refractivity contribution in [3.05, 3.63) is 101 Å². The van der Waals surface area contributed by atoms with E-state index in [4.69, 9.17) is 4.74 Å². The van der Waals surface area contributed by atoms with Crippen LogP contribution in [0.2, 0.25) is 0 Å². The topological polar surface area (TPSA) is 66.8 Å². The van der Waals surface area contributed by atoms with Crippen molar-refractivity contribution >= 4 is 23.1 Å². The molecule has 0 aliphatic carbocycles. The number of hydrogen-bond acceptors (Lipinski definition) is 4. The van der Waals surface area contributed by atoms with Crippen LogP contribution in [0.1, 0.15) is 35.2 Å². The predicted octanol–water partition coefficient (Wildman–Crippen LogP) is 5.19. The van der Waals surface area contributed by atoms with Crippen LogP contribution >= 0.6 is 0 Å². The number of aliphatic hydroxyl groups excluding tert-OH is 1. The first kappa shape index (κ1) is 21.4. The Morgan fingerprint density at radius 2 is 1.69 bits per heavy atom. The van der Waals surface area contributed by atoms with Crippen LogP contribution in [0.3, 0.4) is 0 Å². The monoisotopic (exact) mass is 427 g/mol. The molecule has 32 heavy (non-hydrogen) atoms. The van der Waals surface area contributed by atoms with E-state index in [1.54, 1.807) is 37.4 Å². The molecule has 0 bridgehead atoms. The molecule has 3 aromatic carbocycles. The lowest BCUT2D eigenvalue weighted by Crippen LogP contribution is -2.29. The molecule has 4 rings (SSSR count). The van der Waals surface area contributed by atoms with Gasteiger partial charge in [0.25, 0.3) is 11.7 Å². The third-order valence-corrected chi connectivity index (χ3v) is 5.80. The van der Waals surface area contributed by atoms with Crippen LogP contribution < -0.4 is 9.64 Å². The number of Topliss-reactive ketones (excluding diaryl/α,β-unsaturated/α-hetero) is 1. The molecule has 1 fully saturated rings. The number of ether oxygens (including phenoxy) is 1. The van der Waals surface area contributed by atoms with Crippen molar-refractivity contribution in [2.45, 2.75) is 26.3 Å². The Morgan fingerprint density at radius 3 is 2.31 bits per heavy atom. The van der Waals surface area contributed by atoms with Gasteiger partial charge >= 0.3 is 0 Å². The lowest BCUT2D eigenvalue weighted by atomic mass is 9.94. The maximum absolute atomic E-state index is 13.2. The standard InChI is InChI=1S/C27H25NO4/c1-4-18-10-14-21(15-11-18)28-24(20-6-5-7-22(16-20)32-3)23(26(30)27(28)31)25(29)19-12-8-17(2)9-13-19/h5-16,24,29H,4H2,1-3H3/b25-23-. The summed E-state index contributed by atoms with van der Waals surface area (Å²) in [6.45, 7) is 4.00. The number of aryl methyl sites for hydroxylation is 2. The molecule has 1 aliphatic heterocycles. The molecule has 1 N–H and O–H groups in total. The molecule has 1 atom stereocenters. The van der Waals surface area contributed by atoms with E-state index in [9.17, 15) is 14.7 Å². The van der Waals surface area contributed by atoms with Crippen LogP contribution in [0.15, 0.2) is 78.4 Å². The summed E-state index contributed by atoms with van der Waals surface area (Å²) in [5, 5.41) is 11.2. The smallest absolute Gasteiger partial charge is 0.300 e. The Bertz CT molecular complexity index is 1190. The minimum absolute atomic E-state index is 0.0617. The molecule has 3 aromatic rings. The molecule has 1 amide bonds. The lowest BCUT2D eigenvalue weighted by Gasteiger charge is -2.26. The van der Waals surface area contributed by atoms with Gasteiger partial charge in [0.15, 0.2) is 0 Å². The fourth-order valence-electron chi connectivity index (χ4n) is 3.99. The van der Waals surface area contributed by atoms with Crippen LogP contribution in [0, 0.1) is 6.92 Å². The SMILES string of the molecule is CCc1ccc(N2C(=O)C(=O)/C(=C(\O)c3ccc(C)cc3)C2c2cccc(OC)c2)cc1. The highest BCUT2D eigenvalue weighted by Crippen LogP contribution is 2.42. The van der Waals surface area contributed by atoms with Gasteiger partial charge in [0.1, 0.15) is 11.5 Å². The number of ketones is 1. The first-order chi connectivity index (χ1) is 15.4. The molecule has 0 spiro atoms. The molecule has 1 saturated heterocycles. The van der Waals surface area contributed by atoms with Gasteiger partial charge in [-0.3, -0.25) is 14.5 Å². The van der Waals surface area contributed by atoms with Gasteiger partial charge in [0.2, 0.25) is 0 Å². The first-order valence-electron chi connectivity index (χ1n) is 10.6. The molecule has 5 heteroatoms. The number of carbonyl (C=O) groups is 2. The van der Waals surface area contributed by atoms with Gasteiger partial charge in [0.05, 0.1) is 18.7 Å². The molecule has 0 saturated carbocycles. The van der Waals surface area contributed by atoms with E-state index in [0.717, 1.165) is 17.5 Å². The highest BCUT2D eigenvalue weighted by molar-refractivity contribution is 6.51. The normalized spacial score (nSPS) is 17.6. The molecular formula is C27H25NO4. The molecule has 0 aromatic heterocycles. The second-order valence-electron chi connectivity index (χ2n) is 7.83. The maximum Gasteiger partial charge on any atom is 0.300 e. The van der Waals surface area contributed by atoms with Crippen molar-refractivity contribution in [1.82, 2.24) is 0 Å². The molecule has 1 heterocycles. The Balaban J connectivity index is 1.93. The summed E-state index contributed by atoms with van der Waals surface area (Å²) in [6.07, 6.45) is 0.867. The zero-order chi connectivity index (χ0) is 22.8. The van der Waals surface area contributed by atoms with Crippen molar-refractivity contribution in [1.29, 1.82) is 0 Å². The van der Waals surface area contributed by atoms with Crippen LogP contribution in [-0.2, 0) is 16.0 Å². The van der Waals surface area contributed by atoms with Crippen LogP contribution in [0.25, 0.3) is 5.76 Å². The second-order valence-corrected chi connectivity index (χ2v) is 7.83.